The first kappa shape index (κ1) is 15.4. The molecule has 1 aliphatic rings. The summed E-state index contributed by atoms with van der Waals surface area (Å²) in [7, 11) is 1.62. The number of fused-ring (bicyclic) bond motifs is 1. The summed E-state index contributed by atoms with van der Waals surface area (Å²) < 4.78 is 5.16. The number of allylic oxidation sites excluding steroid dienone is 2. The first-order valence-corrected chi connectivity index (χ1v) is 8.20. The minimum atomic E-state index is -0.0939. The van der Waals surface area contributed by atoms with Crippen molar-refractivity contribution in [3.8, 4) is 5.75 Å². The zero-order valence-electron chi connectivity index (χ0n) is 13.8. The predicted octanol–water partition coefficient (Wildman–Crippen LogP) is 3.99. The van der Waals surface area contributed by atoms with Crippen LogP contribution < -0.4 is 4.74 Å². The van der Waals surface area contributed by atoms with E-state index in [2.05, 4.69) is 9.97 Å². The molecule has 5 nitrogen and oxygen atoms in total. The molecule has 126 valence electrons. The number of Topliss-reactive ketones (excluding diaryl/α,β-unsaturated/α-hetero) is 1. The number of methoxy groups -OCH3 is 1. The van der Waals surface area contributed by atoms with E-state index in [0.29, 0.717) is 24.2 Å². The Kier molecular flexibility index (Phi) is 3.76. The lowest BCUT2D eigenvalue weighted by molar-refractivity contribution is -0.114. The second-order valence-electron chi connectivity index (χ2n) is 6.23. The third kappa shape index (κ3) is 2.78. The molecule has 0 aliphatic heterocycles. The molecule has 25 heavy (non-hydrogen) atoms. The number of rotatable bonds is 3. The van der Waals surface area contributed by atoms with Gasteiger partial charge in [0.1, 0.15) is 17.3 Å². The predicted molar refractivity (Wildman–Crippen MR) is 95.6 cm³/mol. The Morgan fingerprint density at radius 2 is 1.88 bits per heavy atom. The van der Waals surface area contributed by atoms with E-state index in [-0.39, 0.29) is 17.5 Å². The Morgan fingerprint density at radius 3 is 2.56 bits per heavy atom. The molecule has 1 atom stereocenters. The van der Waals surface area contributed by atoms with E-state index in [4.69, 9.17) is 4.74 Å². The number of aliphatic hydroxyl groups excluding tert-OH is 1. The summed E-state index contributed by atoms with van der Waals surface area (Å²) in [5.41, 5.74) is 2.95. The summed E-state index contributed by atoms with van der Waals surface area (Å²) in [4.78, 5) is 20.3. The average molecular weight is 334 g/mol. The van der Waals surface area contributed by atoms with Gasteiger partial charge in [-0.15, -0.1) is 0 Å². The summed E-state index contributed by atoms with van der Waals surface area (Å²) in [5.74, 6) is 1.18. The van der Waals surface area contributed by atoms with Gasteiger partial charge in [-0.1, -0.05) is 24.3 Å². The van der Waals surface area contributed by atoms with Crippen molar-refractivity contribution >= 4 is 22.4 Å². The third-order valence-electron chi connectivity index (χ3n) is 4.65. The number of H-pyrrole nitrogens is 1. The van der Waals surface area contributed by atoms with Gasteiger partial charge in [-0.25, -0.2) is 4.98 Å². The van der Waals surface area contributed by atoms with Crippen LogP contribution >= 0.6 is 0 Å². The van der Waals surface area contributed by atoms with Gasteiger partial charge in [0.15, 0.2) is 5.78 Å². The van der Waals surface area contributed by atoms with E-state index >= 15 is 0 Å². The van der Waals surface area contributed by atoms with Gasteiger partial charge in [0.2, 0.25) is 0 Å². The molecule has 1 heterocycles. The molecule has 0 amide bonds. The first-order chi connectivity index (χ1) is 12.2. The average Bonchev–Trinajstić information content (AvgIpc) is 3.04. The van der Waals surface area contributed by atoms with E-state index in [0.717, 1.165) is 22.3 Å². The molecule has 0 saturated heterocycles. The Balaban J connectivity index is 1.66. The molecule has 5 heteroatoms. The van der Waals surface area contributed by atoms with Gasteiger partial charge < -0.3 is 14.8 Å². The van der Waals surface area contributed by atoms with Crippen molar-refractivity contribution in [1.29, 1.82) is 0 Å². The van der Waals surface area contributed by atoms with Crippen molar-refractivity contribution in [3.05, 3.63) is 65.7 Å². The molecule has 0 radical (unpaired) electrons. The Bertz CT molecular complexity index is 937. The van der Waals surface area contributed by atoms with Crippen LogP contribution in [0, 0.1) is 0 Å². The largest absolute Gasteiger partial charge is 0.511 e. The van der Waals surface area contributed by atoms with Crippen LogP contribution in [-0.2, 0) is 4.79 Å². The maximum Gasteiger partial charge on any atom is 0.170 e. The minimum absolute atomic E-state index is 0.0356. The third-order valence-corrected chi connectivity index (χ3v) is 4.65. The molecule has 4 rings (SSSR count). The number of nitrogens with zero attached hydrogens (tertiary/aromatic N) is 1. The van der Waals surface area contributed by atoms with Crippen molar-refractivity contribution in [3.63, 3.8) is 0 Å². The number of hydrogen-bond donors (Lipinski definition) is 2. The number of benzene rings is 2. The minimum Gasteiger partial charge on any atom is -0.511 e. The van der Waals surface area contributed by atoms with Crippen molar-refractivity contribution in [2.24, 2.45) is 0 Å². The number of ether oxygens (including phenoxy) is 1. The molecule has 0 bridgehead atoms. The number of carbonyl (C=O) groups excluding carboxylic acids is 1. The highest BCUT2D eigenvalue weighted by Gasteiger charge is 2.31. The second kappa shape index (κ2) is 6.09. The Labute approximate surface area is 145 Å². The number of para-hydroxylation sites is 2. The molecule has 0 saturated carbocycles. The van der Waals surface area contributed by atoms with E-state index < -0.39 is 0 Å². The highest BCUT2D eigenvalue weighted by atomic mass is 16.5. The van der Waals surface area contributed by atoms with Crippen LogP contribution in [-0.4, -0.2) is 28.0 Å². The fourth-order valence-corrected chi connectivity index (χ4v) is 3.35. The molecule has 1 aromatic heterocycles. The molecule has 3 aromatic rings. The number of aromatic nitrogens is 2. The molecule has 2 aromatic carbocycles. The lowest BCUT2D eigenvalue weighted by Gasteiger charge is -2.23. The van der Waals surface area contributed by atoms with E-state index in [9.17, 15) is 9.90 Å². The van der Waals surface area contributed by atoms with Gasteiger partial charge in [-0.3, -0.25) is 4.79 Å². The number of ketones is 1. The fraction of sp³-hybridized carbons (Fsp3) is 0.200. The number of aliphatic hydroxyl groups is 1. The molecule has 2 N–H and O–H groups in total. The number of hydrogen-bond acceptors (Lipinski definition) is 4. The van der Waals surface area contributed by atoms with E-state index in [1.165, 1.54) is 0 Å². The molecular formula is C20H18N2O3. The zero-order valence-corrected chi connectivity index (χ0v) is 13.8. The zero-order chi connectivity index (χ0) is 17.4. The number of nitrogens with one attached hydrogen (secondary N) is 1. The van der Waals surface area contributed by atoms with Crippen LogP contribution in [0.5, 0.6) is 5.75 Å². The van der Waals surface area contributed by atoms with Crippen molar-refractivity contribution in [2.45, 2.75) is 18.8 Å². The molecule has 0 spiro atoms. The SMILES string of the molecule is COc1ccc(C2CC(=O)C(c3nc4ccccc4[nH]3)=C(O)C2)cc1. The normalized spacial score (nSPS) is 18.0. The standard InChI is InChI=1S/C20H18N2O3/c1-25-14-8-6-12(7-9-14)13-10-17(23)19(18(24)11-13)20-21-15-4-2-3-5-16(15)22-20/h2-9,13,23H,10-11H2,1H3,(H,21,22). The topological polar surface area (TPSA) is 75.2 Å². The molecule has 0 fully saturated rings. The van der Waals surface area contributed by atoms with Gasteiger partial charge >= 0.3 is 0 Å². The van der Waals surface area contributed by atoms with Crippen LogP contribution in [0.25, 0.3) is 16.6 Å². The monoisotopic (exact) mass is 334 g/mol. The summed E-state index contributed by atoms with van der Waals surface area (Å²) in [6.45, 7) is 0. The lowest BCUT2D eigenvalue weighted by atomic mass is 9.82. The highest BCUT2D eigenvalue weighted by molar-refractivity contribution is 6.21. The number of carbonyl (C=O) groups is 1. The van der Waals surface area contributed by atoms with Gasteiger partial charge in [0.25, 0.3) is 0 Å². The van der Waals surface area contributed by atoms with Gasteiger partial charge in [0.05, 0.1) is 23.7 Å². The summed E-state index contributed by atoms with van der Waals surface area (Å²) in [5, 5.41) is 10.5. The van der Waals surface area contributed by atoms with Crippen LogP contribution in [0.3, 0.4) is 0 Å². The van der Waals surface area contributed by atoms with Crippen molar-refractivity contribution < 1.29 is 14.6 Å². The van der Waals surface area contributed by atoms with Crippen molar-refractivity contribution in [1.82, 2.24) is 9.97 Å². The maximum atomic E-state index is 12.7. The quantitative estimate of drug-likeness (QED) is 0.759. The van der Waals surface area contributed by atoms with Crippen LogP contribution in [0.4, 0.5) is 0 Å². The highest BCUT2D eigenvalue weighted by Crippen LogP contribution is 2.37. The lowest BCUT2D eigenvalue weighted by Crippen LogP contribution is -2.18. The van der Waals surface area contributed by atoms with Gasteiger partial charge in [0, 0.05) is 12.8 Å². The van der Waals surface area contributed by atoms with Crippen LogP contribution in [0.1, 0.15) is 30.1 Å². The Hall–Kier alpha value is -3.08. The van der Waals surface area contributed by atoms with Crippen LogP contribution in [0.2, 0.25) is 0 Å². The van der Waals surface area contributed by atoms with Gasteiger partial charge in [-0.05, 0) is 35.7 Å². The fourth-order valence-electron chi connectivity index (χ4n) is 3.35. The summed E-state index contributed by atoms with van der Waals surface area (Å²) >= 11 is 0. The number of imidazole rings is 1. The van der Waals surface area contributed by atoms with E-state index in [1.807, 2.05) is 48.5 Å². The van der Waals surface area contributed by atoms with Gasteiger partial charge in [-0.2, -0.15) is 0 Å². The summed E-state index contributed by atoms with van der Waals surface area (Å²) in [6, 6.07) is 15.2. The van der Waals surface area contributed by atoms with E-state index in [1.54, 1.807) is 7.11 Å². The molecule has 1 aliphatic carbocycles. The second-order valence-corrected chi connectivity index (χ2v) is 6.23. The molecule has 1 unspecified atom stereocenters. The first-order valence-electron chi connectivity index (χ1n) is 8.20. The number of aromatic amines is 1. The Morgan fingerprint density at radius 1 is 1.12 bits per heavy atom. The maximum absolute atomic E-state index is 12.7. The molecular weight excluding hydrogens is 316 g/mol. The van der Waals surface area contributed by atoms with Crippen LogP contribution in [0.15, 0.2) is 54.3 Å². The smallest absolute Gasteiger partial charge is 0.170 e. The van der Waals surface area contributed by atoms with Crippen molar-refractivity contribution in [2.75, 3.05) is 7.11 Å². The summed E-state index contributed by atoms with van der Waals surface area (Å²) in [6.07, 6.45) is 0.771.